The summed E-state index contributed by atoms with van der Waals surface area (Å²) in [6.07, 6.45) is 0. The highest BCUT2D eigenvalue weighted by molar-refractivity contribution is 6.35. The highest BCUT2D eigenvalue weighted by Gasteiger charge is 2.20. The quantitative estimate of drug-likeness (QED) is 0.338. The molecule has 30 heavy (non-hydrogen) atoms. The second kappa shape index (κ2) is 8.12. The van der Waals surface area contributed by atoms with E-state index in [4.69, 9.17) is 16.7 Å². The molecule has 0 atom stereocenters. The Bertz CT molecular complexity index is 1230. The van der Waals surface area contributed by atoms with Gasteiger partial charge in [-0.05, 0) is 80.1 Å². The molecule has 0 saturated carbocycles. The van der Waals surface area contributed by atoms with E-state index in [0.29, 0.717) is 11.6 Å². The predicted molar refractivity (Wildman–Crippen MR) is 127 cm³/mol. The summed E-state index contributed by atoms with van der Waals surface area (Å²) in [7, 11) is 0. The van der Waals surface area contributed by atoms with Crippen LogP contribution in [-0.2, 0) is 6.54 Å². The first-order chi connectivity index (χ1) is 14.3. The summed E-state index contributed by atoms with van der Waals surface area (Å²) >= 11 is 7.01. The maximum atomic E-state index is 7.01. The van der Waals surface area contributed by atoms with Crippen LogP contribution in [0.25, 0.3) is 22.5 Å². The number of nitrogens with zero attached hydrogens (tertiary/aromatic N) is 2. The lowest BCUT2D eigenvalue weighted by atomic mass is 10.0. The topological polar surface area (TPSA) is 17.8 Å². The molecule has 1 heterocycles. The molecule has 0 unspecified atom stereocenters. The van der Waals surface area contributed by atoms with Crippen LogP contribution < -0.4 is 0 Å². The molecule has 0 aliphatic rings. The summed E-state index contributed by atoms with van der Waals surface area (Å²) in [6, 6.07) is 21.4. The first-order valence-corrected chi connectivity index (χ1v) is 10.7. The molecule has 0 radical (unpaired) electrons. The summed E-state index contributed by atoms with van der Waals surface area (Å²) < 4.78 is 2.05. The van der Waals surface area contributed by atoms with Crippen molar-refractivity contribution in [3.05, 3.63) is 99.1 Å². The van der Waals surface area contributed by atoms with Gasteiger partial charge in [0.1, 0.15) is 5.69 Å². The third kappa shape index (κ3) is 3.80. The largest absolute Gasteiger partial charge is 0.258 e. The van der Waals surface area contributed by atoms with E-state index in [1.807, 2.05) is 0 Å². The third-order valence-corrected chi connectivity index (χ3v) is 6.39. The van der Waals surface area contributed by atoms with Crippen LogP contribution in [0, 0.1) is 34.6 Å². The first kappa shape index (κ1) is 20.4. The van der Waals surface area contributed by atoms with Gasteiger partial charge >= 0.3 is 0 Å². The van der Waals surface area contributed by atoms with Gasteiger partial charge in [0.15, 0.2) is 0 Å². The zero-order valence-corrected chi connectivity index (χ0v) is 19.0. The fraction of sp³-hybridized carbons (Fsp3) is 0.222. The molecule has 3 heteroatoms. The fourth-order valence-electron chi connectivity index (χ4n) is 3.74. The number of benzene rings is 3. The first-order valence-electron chi connectivity index (χ1n) is 10.3. The van der Waals surface area contributed by atoms with E-state index >= 15 is 0 Å². The van der Waals surface area contributed by atoms with E-state index in [1.165, 1.54) is 33.4 Å². The van der Waals surface area contributed by atoms with Crippen LogP contribution in [0.3, 0.4) is 0 Å². The Morgan fingerprint density at radius 3 is 1.93 bits per heavy atom. The molecule has 152 valence electrons. The average Bonchev–Trinajstić information content (AvgIpc) is 3.04. The number of aromatic nitrogens is 2. The molecule has 2 nitrogen and oxygen atoms in total. The van der Waals surface area contributed by atoms with Crippen molar-refractivity contribution in [1.29, 1.82) is 0 Å². The smallest absolute Gasteiger partial charge is 0.112 e. The lowest BCUT2D eigenvalue weighted by Crippen LogP contribution is -2.05. The van der Waals surface area contributed by atoms with Crippen molar-refractivity contribution in [2.75, 3.05) is 0 Å². The second-order valence-electron chi connectivity index (χ2n) is 8.19. The van der Waals surface area contributed by atoms with Crippen molar-refractivity contribution in [1.82, 2.24) is 9.78 Å². The molecule has 0 aliphatic carbocycles. The van der Waals surface area contributed by atoms with Gasteiger partial charge in [-0.1, -0.05) is 60.1 Å². The second-order valence-corrected chi connectivity index (χ2v) is 8.57. The summed E-state index contributed by atoms with van der Waals surface area (Å²) in [4.78, 5) is 0. The van der Waals surface area contributed by atoms with Gasteiger partial charge in [-0.2, -0.15) is 5.10 Å². The Kier molecular flexibility index (Phi) is 5.53. The molecule has 0 saturated heterocycles. The Morgan fingerprint density at radius 2 is 1.30 bits per heavy atom. The molecule has 0 amide bonds. The minimum atomic E-state index is 0.680. The number of rotatable bonds is 4. The van der Waals surface area contributed by atoms with Crippen molar-refractivity contribution >= 4 is 11.6 Å². The Labute approximate surface area is 184 Å². The standard InChI is InChI=1S/C27H27ClN2/c1-17-10-12-22(14-20(17)4)26-25(28)27(23-13-11-18(2)21(5)15-23)30(29-26)16-24-9-7-6-8-19(24)3/h6-15H,16H2,1-5H3. The van der Waals surface area contributed by atoms with Gasteiger partial charge in [-0.15, -0.1) is 0 Å². The molecule has 0 bridgehead atoms. The van der Waals surface area contributed by atoms with Gasteiger partial charge in [0.2, 0.25) is 0 Å². The Morgan fingerprint density at radius 1 is 0.700 bits per heavy atom. The van der Waals surface area contributed by atoms with E-state index in [0.717, 1.165) is 22.5 Å². The van der Waals surface area contributed by atoms with Crippen molar-refractivity contribution in [2.24, 2.45) is 0 Å². The lowest BCUT2D eigenvalue weighted by Gasteiger charge is -2.11. The highest BCUT2D eigenvalue weighted by Crippen LogP contribution is 2.38. The predicted octanol–water partition coefficient (Wildman–Crippen LogP) is 7.46. The molecule has 3 aromatic carbocycles. The van der Waals surface area contributed by atoms with E-state index < -0.39 is 0 Å². The number of aryl methyl sites for hydroxylation is 5. The Hall–Kier alpha value is -2.84. The van der Waals surface area contributed by atoms with Crippen LogP contribution in [0.15, 0.2) is 60.7 Å². The van der Waals surface area contributed by atoms with Crippen molar-refractivity contribution in [3.63, 3.8) is 0 Å². The minimum Gasteiger partial charge on any atom is -0.258 e. The normalized spacial score (nSPS) is 11.1. The van der Waals surface area contributed by atoms with Crippen LogP contribution in [0.1, 0.15) is 33.4 Å². The van der Waals surface area contributed by atoms with Gasteiger partial charge in [0.25, 0.3) is 0 Å². The van der Waals surface area contributed by atoms with E-state index in [9.17, 15) is 0 Å². The van der Waals surface area contributed by atoms with Crippen LogP contribution in [0.4, 0.5) is 0 Å². The zero-order valence-electron chi connectivity index (χ0n) is 18.3. The maximum Gasteiger partial charge on any atom is 0.112 e. The average molecular weight is 415 g/mol. The lowest BCUT2D eigenvalue weighted by molar-refractivity contribution is 0.694. The molecule has 4 aromatic rings. The number of halogens is 1. The van der Waals surface area contributed by atoms with Crippen molar-refractivity contribution in [2.45, 2.75) is 41.2 Å². The van der Waals surface area contributed by atoms with Crippen LogP contribution >= 0.6 is 11.6 Å². The molecule has 4 rings (SSSR count). The summed E-state index contributed by atoms with van der Waals surface area (Å²) in [5, 5.41) is 5.70. The maximum absolute atomic E-state index is 7.01. The molecule has 0 N–H and O–H groups in total. The minimum absolute atomic E-state index is 0.680. The van der Waals surface area contributed by atoms with Gasteiger partial charge < -0.3 is 0 Å². The summed E-state index contributed by atoms with van der Waals surface area (Å²) in [6.45, 7) is 11.3. The van der Waals surface area contributed by atoms with E-state index in [2.05, 4.69) is 100.0 Å². The zero-order chi connectivity index (χ0) is 21.4. The Balaban J connectivity index is 1.91. The number of hydrogen-bond donors (Lipinski definition) is 0. The van der Waals surface area contributed by atoms with Crippen LogP contribution in [0.5, 0.6) is 0 Å². The monoisotopic (exact) mass is 414 g/mol. The molecule has 0 fully saturated rings. The molecule has 0 aliphatic heterocycles. The third-order valence-electron chi connectivity index (χ3n) is 6.04. The van der Waals surface area contributed by atoms with Gasteiger partial charge in [-0.25, -0.2) is 0 Å². The summed E-state index contributed by atoms with van der Waals surface area (Å²) in [5.74, 6) is 0. The highest BCUT2D eigenvalue weighted by atomic mass is 35.5. The molecular formula is C27H27ClN2. The fourth-order valence-corrected chi connectivity index (χ4v) is 4.09. The number of hydrogen-bond acceptors (Lipinski definition) is 1. The van der Waals surface area contributed by atoms with E-state index in [1.54, 1.807) is 0 Å². The molecular weight excluding hydrogens is 388 g/mol. The van der Waals surface area contributed by atoms with Gasteiger partial charge in [0, 0.05) is 11.1 Å². The van der Waals surface area contributed by atoms with Crippen molar-refractivity contribution < 1.29 is 0 Å². The van der Waals surface area contributed by atoms with E-state index in [-0.39, 0.29) is 0 Å². The van der Waals surface area contributed by atoms with Crippen molar-refractivity contribution in [3.8, 4) is 22.5 Å². The van der Waals surface area contributed by atoms with Gasteiger partial charge in [-0.3, -0.25) is 4.68 Å². The summed E-state index contributed by atoms with van der Waals surface area (Å²) in [5.41, 5.74) is 11.5. The van der Waals surface area contributed by atoms with Crippen LogP contribution in [0.2, 0.25) is 5.02 Å². The molecule has 0 spiro atoms. The molecule has 1 aromatic heterocycles. The van der Waals surface area contributed by atoms with Crippen LogP contribution in [-0.4, -0.2) is 9.78 Å². The SMILES string of the molecule is Cc1ccc(-c2nn(Cc3ccccc3C)c(-c3ccc(C)c(C)c3)c2Cl)cc1C. The van der Waals surface area contributed by atoms with Gasteiger partial charge in [0.05, 0.1) is 17.3 Å².